The Bertz CT molecular complexity index is 138. The smallest absolute Gasteiger partial charge is 0.0586 e. The Labute approximate surface area is 81.9 Å². The van der Waals surface area contributed by atoms with E-state index in [0.717, 1.165) is 5.92 Å². The van der Waals surface area contributed by atoms with Crippen molar-refractivity contribution in [2.45, 2.75) is 45.6 Å². The summed E-state index contributed by atoms with van der Waals surface area (Å²) in [5, 5.41) is 9.14. The second-order valence-electron chi connectivity index (χ2n) is 4.37. The van der Waals surface area contributed by atoms with Gasteiger partial charge in [0.25, 0.3) is 0 Å². The van der Waals surface area contributed by atoms with Crippen LogP contribution in [0.1, 0.15) is 39.5 Å². The van der Waals surface area contributed by atoms with Crippen molar-refractivity contribution in [2.75, 3.05) is 19.7 Å². The minimum atomic E-state index is 0.346. The third-order valence-electron chi connectivity index (χ3n) is 3.04. The van der Waals surface area contributed by atoms with Gasteiger partial charge in [0.15, 0.2) is 0 Å². The molecule has 0 amide bonds. The van der Waals surface area contributed by atoms with Gasteiger partial charge in [0.1, 0.15) is 0 Å². The number of nitrogens with zero attached hydrogens (tertiary/aromatic N) is 1. The lowest BCUT2D eigenvalue weighted by atomic mass is 10.1. The zero-order valence-corrected chi connectivity index (χ0v) is 9.00. The number of aliphatic hydroxyl groups is 1. The number of rotatable bonds is 5. The lowest BCUT2D eigenvalue weighted by Gasteiger charge is -2.25. The molecule has 0 aromatic heterocycles. The first-order valence-corrected chi connectivity index (χ1v) is 5.62. The summed E-state index contributed by atoms with van der Waals surface area (Å²) in [6.07, 6.45) is 5.05. The fraction of sp³-hybridized carbons (Fsp3) is 1.00. The molecule has 0 aromatic rings. The summed E-state index contributed by atoms with van der Waals surface area (Å²) in [6.45, 7) is 7.28. The van der Waals surface area contributed by atoms with Crippen LogP contribution < -0.4 is 0 Å². The topological polar surface area (TPSA) is 23.5 Å². The van der Waals surface area contributed by atoms with Crippen LogP contribution in [-0.2, 0) is 0 Å². The van der Waals surface area contributed by atoms with Gasteiger partial charge in [-0.15, -0.1) is 0 Å². The summed E-state index contributed by atoms with van der Waals surface area (Å²) in [4.78, 5) is 2.46. The summed E-state index contributed by atoms with van der Waals surface area (Å²) in [6, 6.07) is 0.458. The molecule has 2 nitrogen and oxygen atoms in total. The van der Waals surface area contributed by atoms with E-state index in [-0.39, 0.29) is 0 Å². The molecule has 1 heterocycles. The first-order chi connectivity index (χ1) is 6.27. The number of hydrogen-bond acceptors (Lipinski definition) is 2. The van der Waals surface area contributed by atoms with Crippen molar-refractivity contribution in [3.63, 3.8) is 0 Å². The van der Waals surface area contributed by atoms with E-state index in [1.807, 2.05) is 0 Å². The van der Waals surface area contributed by atoms with E-state index < -0.39 is 0 Å². The van der Waals surface area contributed by atoms with Gasteiger partial charge in [-0.1, -0.05) is 20.3 Å². The van der Waals surface area contributed by atoms with Crippen LogP contribution in [-0.4, -0.2) is 35.7 Å². The van der Waals surface area contributed by atoms with E-state index in [0.29, 0.717) is 12.6 Å². The van der Waals surface area contributed by atoms with Crippen molar-refractivity contribution in [1.29, 1.82) is 0 Å². The molecule has 13 heavy (non-hydrogen) atoms. The van der Waals surface area contributed by atoms with Crippen molar-refractivity contribution < 1.29 is 5.11 Å². The summed E-state index contributed by atoms with van der Waals surface area (Å²) in [7, 11) is 0. The Morgan fingerprint density at radius 2 is 2.31 bits per heavy atom. The summed E-state index contributed by atoms with van der Waals surface area (Å²) >= 11 is 0. The molecule has 0 aliphatic carbocycles. The first kappa shape index (κ1) is 11.0. The monoisotopic (exact) mass is 185 g/mol. The lowest BCUT2D eigenvalue weighted by molar-refractivity contribution is 0.143. The standard InChI is InChI=1S/C11H23NO/c1-3-5-10(2)8-12-7-4-6-11(12)9-13/h10-11,13H,3-9H2,1-2H3. The van der Waals surface area contributed by atoms with Crippen LogP contribution >= 0.6 is 0 Å². The predicted molar refractivity (Wildman–Crippen MR) is 55.8 cm³/mol. The van der Waals surface area contributed by atoms with Gasteiger partial charge in [0.2, 0.25) is 0 Å². The first-order valence-electron chi connectivity index (χ1n) is 5.62. The molecule has 1 rings (SSSR count). The van der Waals surface area contributed by atoms with Crippen molar-refractivity contribution in [3.8, 4) is 0 Å². The Morgan fingerprint density at radius 1 is 1.54 bits per heavy atom. The van der Waals surface area contributed by atoms with E-state index in [2.05, 4.69) is 18.7 Å². The quantitative estimate of drug-likeness (QED) is 0.707. The second-order valence-corrected chi connectivity index (χ2v) is 4.37. The molecule has 0 saturated carbocycles. The number of hydrogen-bond donors (Lipinski definition) is 1. The van der Waals surface area contributed by atoms with Crippen molar-refractivity contribution in [2.24, 2.45) is 5.92 Å². The average molecular weight is 185 g/mol. The maximum atomic E-state index is 9.14. The normalized spacial score (nSPS) is 26.5. The minimum Gasteiger partial charge on any atom is -0.395 e. The Morgan fingerprint density at radius 3 is 2.92 bits per heavy atom. The van der Waals surface area contributed by atoms with Gasteiger partial charge in [0.05, 0.1) is 6.61 Å². The highest BCUT2D eigenvalue weighted by Crippen LogP contribution is 2.19. The highest BCUT2D eigenvalue weighted by Gasteiger charge is 2.24. The van der Waals surface area contributed by atoms with Gasteiger partial charge < -0.3 is 5.11 Å². The largest absolute Gasteiger partial charge is 0.395 e. The zero-order valence-electron chi connectivity index (χ0n) is 9.00. The van der Waals surface area contributed by atoms with Crippen LogP contribution in [0.2, 0.25) is 0 Å². The van der Waals surface area contributed by atoms with Crippen LogP contribution in [0.15, 0.2) is 0 Å². The molecule has 0 aromatic carbocycles. The van der Waals surface area contributed by atoms with Gasteiger partial charge in [-0.25, -0.2) is 0 Å². The third kappa shape index (κ3) is 3.28. The summed E-state index contributed by atoms with van der Waals surface area (Å²) < 4.78 is 0. The fourth-order valence-corrected chi connectivity index (χ4v) is 2.33. The van der Waals surface area contributed by atoms with Gasteiger partial charge in [-0.3, -0.25) is 4.90 Å². The minimum absolute atomic E-state index is 0.346. The zero-order chi connectivity index (χ0) is 9.68. The van der Waals surface area contributed by atoms with Crippen LogP contribution in [0.5, 0.6) is 0 Å². The van der Waals surface area contributed by atoms with Crippen LogP contribution in [0.4, 0.5) is 0 Å². The third-order valence-corrected chi connectivity index (χ3v) is 3.04. The van der Waals surface area contributed by atoms with E-state index in [9.17, 15) is 0 Å². The van der Waals surface area contributed by atoms with E-state index in [4.69, 9.17) is 5.11 Å². The molecule has 2 atom stereocenters. The number of likely N-dealkylation sites (tertiary alicyclic amines) is 1. The SMILES string of the molecule is CCCC(C)CN1CCCC1CO. The molecule has 0 spiro atoms. The van der Waals surface area contributed by atoms with Gasteiger partial charge in [-0.05, 0) is 31.7 Å². The highest BCUT2D eigenvalue weighted by molar-refractivity contribution is 4.79. The highest BCUT2D eigenvalue weighted by atomic mass is 16.3. The van der Waals surface area contributed by atoms with Crippen molar-refractivity contribution in [1.82, 2.24) is 4.90 Å². The molecule has 1 aliphatic heterocycles. The summed E-state index contributed by atoms with van der Waals surface area (Å²) in [5.74, 6) is 0.789. The Kier molecular flexibility index (Phi) is 4.74. The van der Waals surface area contributed by atoms with E-state index in [1.54, 1.807) is 0 Å². The predicted octanol–water partition coefficient (Wildman–Crippen LogP) is 1.88. The van der Waals surface area contributed by atoms with Gasteiger partial charge >= 0.3 is 0 Å². The lowest BCUT2D eigenvalue weighted by Crippen LogP contribution is -2.35. The van der Waals surface area contributed by atoms with Gasteiger partial charge in [-0.2, -0.15) is 0 Å². The Balaban J connectivity index is 2.26. The van der Waals surface area contributed by atoms with Crippen LogP contribution in [0.25, 0.3) is 0 Å². The van der Waals surface area contributed by atoms with Crippen LogP contribution in [0, 0.1) is 5.92 Å². The molecule has 1 aliphatic rings. The van der Waals surface area contributed by atoms with Gasteiger partial charge in [0, 0.05) is 12.6 Å². The molecule has 1 saturated heterocycles. The fourth-order valence-electron chi connectivity index (χ4n) is 2.33. The molecule has 0 bridgehead atoms. The number of aliphatic hydroxyl groups excluding tert-OH is 1. The molecular weight excluding hydrogens is 162 g/mol. The average Bonchev–Trinajstić information content (AvgIpc) is 2.52. The molecule has 78 valence electrons. The molecule has 2 unspecified atom stereocenters. The second kappa shape index (κ2) is 5.61. The Hall–Kier alpha value is -0.0800. The van der Waals surface area contributed by atoms with Crippen molar-refractivity contribution in [3.05, 3.63) is 0 Å². The van der Waals surface area contributed by atoms with Crippen LogP contribution in [0.3, 0.4) is 0 Å². The molecule has 1 fully saturated rings. The molecule has 0 radical (unpaired) electrons. The van der Waals surface area contributed by atoms with Crippen molar-refractivity contribution >= 4 is 0 Å². The maximum absolute atomic E-state index is 9.14. The summed E-state index contributed by atoms with van der Waals surface area (Å²) in [5.41, 5.74) is 0. The van der Waals surface area contributed by atoms with E-state index >= 15 is 0 Å². The molecule has 1 N–H and O–H groups in total. The molecule has 2 heteroatoms. The maximum Gasteiger partial charge on any atom is 0.0586 e. The van der Waals surface area contributed by atoms with E-state index in [1.165, 1.54) is 38.8 Å². The molecular formula is C11H23NO.